The predicted octanol–water partition coefficient (Wildman–Crippen LogP) is 2.87. The number of amides is 1. The number of likely N-dealkylation sites (tertiary alicyclic amines) is 1. The van der Waals surface area contributed by atoms with Crippen LogP contribution in [0, 0.1) is 5.92 Å². The van der Waals surface area contributed by atoms with Crippen molar-refractivity contribution in [2.24, 2.45) is 11.7 Å². The Hall–Kier alpha value is -1.39. The van der Waals surface area contributed by atoms with E-state index >= 15 is 0 Å². The van der Waals surface area contributed by atoms with Gasteiger partial charge in [-0.05, 0) is 51.3 Å². The van der Waals surface area contributed by atoms with E-state index in [4.69, 9.17) is 5.73 Å². The Morgan fingerprint density at radius 3 is 2.46 bits per heavy atom. The molecule has 1 aromatic carbocycles. The smallest absolute Gasteiger partial charge is 0.236 e. The second kappa shape index (κ2) is 9.80. The SMILES string of the molecule is CN(C)Cc1ccccc1.NCC(=O)N1CCCC2CCCCC21. The molecule has 1 saturated heterocycles. The molecular formula is C20H33N3O. The molecule has 1 heterocycles. The Morgan fingerprint density at radius 1 is 1.12 bits per heavy atom. The van der Waals surface area contributed by atoms with Crippen molar-refractivity contribution < 1.29 is 4.79 Å². The van der Waals surface area contributed by atoms with Gasteiger partial charge in [0, 0.05) is 19.1 Å². The second-order valence-corrected chi connectivity index (χ2v) is 7.27. The molecular weight excluding hydrogens is 298 g/mol. The van der Waals surface area contributed by atoms with Gasteiger partial charge in [0.2, 0.25) is 5.91 Å². The maximum absolute atomic E-state index is 11.6. The number of rotatable bonds is 3. The summed E-state index contributed by atoms with van der Waals surface area (Å²) in [5, 5.41) is 0. The van der Waals surface area contributed by atoms with Gasteiger partial charge in [0.1, 0.15) is 0 Å². The monoisotopic (exact) mass is 331 g/mol. The van der Waals surface area contributed by atoms with Crippen LogP contribution in [0.1, 0.15) is 44.1 Å². The molecule has 134 valence electrons. The number of piperidine rings is 1. The molecule has 4 nitrogen and oxygen atoms in total. The van der Waals surface area contributed by atoms with Crippen LogP contribution in [-0.2, 0) is 11.3 Å². The fourth-order valence-electron chi connectivity index (χ4n) is 4.00. The maximum Gasteiger partial charge on any atom is 0.236 e. The zero-order valence-corrected chi connectivity index (χ0v) is 15.3. The van der Waals surface area contributed by atoms with Crippen molar-refractivity contribution in [1.29, 1.82) is 0 Å². The first-order valence-corrected chi connectivity index (χ1v) is 9.30. The lowest BCUT2D eigenvalue weighted by atomic mass is 9.78. The summed E-state index contributed by atoms with van der Waals surface area (Å²) in [5.41, 5.74) is 6.80. The lowest BCUT2D eigenvalue weighted by Gasteiger charge is -2.44. The summed E-state index contributed by atoms with van der Waals surface area (Å²) >= 11 is 0. The van der Waals surface area contributed by atoms with Gasteiger partial charge < -0.3 is 15.5 Å². The summed E-state index contributed by atoms with van der Waals surface area (Å²) in [6, 6.07) is 11.0. The third-order valence-corrected chi connectivity index (χ3v) is 5.08. The summed E-state index contributed by atoms with van der Waals surface area (Å²) < 4.78 is 0. The number of hydrogen-bond donors (Lipinski definition) is 1. The van der Waals surface area contributed by atoms with Gasteiger partial charge >= 0.3 is 0 Å². The number of carbonyl (C=O) groups is 1. The minimum absolute atomic E-state index is 0.154. The third kappa shape index (κ3) is 5.60. The largest absolute Gasteiger partial charge is 0.338 e. The first-order valence-electron chi connectivity index (χ1n) is 9.30. The first-order chi connectivity index (χ1) is 11.6. The highest BCUT2D eigenvalue weighted by atomic mass is 16.2. The Balaban J connectivity index is 0.000000185. The van der Waals surface area contributed by atoms with Crippen LogP contribution in [0.2, 0.25) is 0 Å². The Kier molecular flexibility index (Phi) is 7.73. The highest BCUT2D eigenvalue weighted by Crippen LogP contribution is 2.35. The molecule has 1 amide bonds. The molecule has 1 aliphatic heterocycles. The summed E-state index contributed by atoms with van der Waals surface area (Å²) in [6.45, 7) is 2.15. The average molecular weight is 332 g/mol. The van der Waals surface area contributed by atoms with Crippen molar-refractivity contribution in [3.05, 3.63) is 35.9 Å². The molecule has 4 heteroatoms. The Bertz CT molecular complexity index is 487. The minimum Gasteiger partial charge on any atom is -0.338 e. The molecule has 1 saturated carbocycles. The third-order valence-electron chi connectivity index (χ3n) is 5.08. The van der Waals surface area contributed by atoms with Gasteiger partial charge in [-0.25, -0.2) is 0 Å². The molecule has 0 aromatic heterocycles. The van der Waals surface area contributed by atoms with Gasteiger partial charge in [0.15, 0.2) is 0 Å². The summed E-state index contributed by atoms with van der Waals surface area (Å²) in [6.07, 6.45) is 7.66. The molecule has 2 atom stereocenters. The van der Waals surface area contributed by atoms with Crippen molar-refractivity contribution in [1.82, 2.24) is 9.80 Å². The zero-order valence-electron chi connectivity index (χ0n) is 15.3. The lowest BCUT2D eigenvalue weighted by molar-refractivity contribution is -0.135. The lowest BCUT2D eigenvalue weighted by Crippen LogP contribution is -2.51. The van der Waals surface area contributed by atoms with Crippen LogP contribution in [-0.4, -0.2) is 48.9 Å². The van der Waals surface area contributed by atoms with Gasteiger partial charge in [-0.15, -0.1) is 0 Å². The molecule has 0 spiro atoms. The van der Waals surface area contributed by atoms with E-state index in [1.807, 2.05) is 11.0 Å². The number of carbonyl (C=O) groups excluding carboxylic acids is 1. The van der Waals surface area contributed by atoms with Crippen molar-refractivity contribution in [3.63, 3.8) is 0 Å². The van der Waals surface area contributed by atoms with Gasteiger partial charge in [0.05, 0.1) is 6.54 Å². The Labute approximate surface area is 147 Å². The fourth-order valence-corrected chi connectivity index (χ4v) is 4.00. The van der Waals surface area contributed by atoms with Crippen molar-refractivity contribution >= 4 is 5.91 Å². The van der Waals surface area contributed by atoms with Gasteiger partial charge in [-0.3, -0.25) is 4.79 Å². The summed E-state index contributed by atoms with van der Waals surface area (Å²) in [5.74, 6) is 0.926. The van der Waals surface area contributed by atoms with E-state index in [2.05, 4.69) is 43.3 Å². The van der Waals surface area contributed by atoms with E-state index in [1.54, 1.807) is 0 Å². The molecule has 2 aliphatic rings. The van der Waals surface area contributed by atoms with Crippen molar-refractivity contribution in [3.8, 4) is 0 Å². The molecule has 0 bridgehead atoms. The maximum atomic E-state index is 11.6. The van der Waals surface area contributed by atoms with Crippen molar-refractivity contribution in [2.45, 2.75) is 51.1 Å². The van der Waals surface area contributed by atoms with Crippen LogP contribution in [0.15, 0.2) is 30.3 Å². The number of nitrogens with zero attached hydrogens (tertiary/aromatic N) is 2. The molecule has 1 aliphatic carbocycles. The normalized spacial score (nSPS) is 23.2. The van der Waals surface area contributed by atoms with Gasteiger partial charge in [0.25, 0.3) is 0 Å². The number of fused-ring (bicyclic) bond motifs is 1. The average Bonchev–Trinajstić information content (AvgIpc) is 2.61. The van der Waals surface area contributed by atoms with E-state index in [0.717, 1.165) is 19.0 Å². The van der Waals surface area contributed by atoms with Crippen LogP contribution in [0.4, 0.5) is 0 Å². The highest BCUT2D eigenvalue weighted by Gasteiger charge is 2.34. The van der Waals surface area contributed by atoms with Crippen LogP contribution in [0.3, 0.4) is 0 Å². The molecule has 2 N–H and O–H groups in total. The quantitative estimate of drug-likeness (QED) is 0.926. The van der Waals surface area contributed by atoms with Crippen LogP contribution in [0.25, 0.3) is 0 Å². The standard InChI is InChI=1S/C11H20N2O.C9H13N/c12-8-11(14)13-7-3-5-9-4-1-2-6-10(9)13;1-10(2)8-9-6-4-3-5-7-9/h9-10H,1-8,12H2;3-7H,8H2,1-2H3. The van der Waals surface area contributed by atoms with E-state index in [1.165, 1.54) is 44.1 Å². The van der Waals surface area contributed by atoms with Crippen LogP contribution in [0.5, 0.6) is 0 Å². The molecule has 24 heavy (non-hydrogen) atoms. The van der Waals surface area contributed by atoms with E-state index in [-0.39, 0.29) is 12.5 Å². The number of benzene rings is 1. The second-order valence-electron chi connectivity index (χ2n) is 7.27. The van der Waals surface area contributed by atoms with Gasteiger partial charge in [-0.2, -0.15) is 0 Å². The zero-order chi connectivity index (χ0) is 17.4. The van der Waals surface area contributed by atoms with E-state index in [9.17, 15) is 4.79 Å². The topological polar surface area (TPSA) is 49.6 Å². The minimum atomic E-state index is 0.154. The summed E-state index contributed by atoms with van der Waals surface area (Å²) in [4.78, 5) is 15.8. The fraction of sp³-hybridized carbons (Fsp3) is 0.650. The van der Waals surface area contributed by atoms with Gasteiger partial charge in [-0.1, -0.05) is 43.2 Å². The molecule has 1 aromatic rings. The Morgan fingerprint density at radius 2 is 1.79 bits per heavy atom. The molecule has 0 radical (unpaired) electrons. The molecule has 3 rings (SSSR count). The van der Waals surface area contributed by atoms with Crippen molar-refractivity contribution in [2.75, 3.05) is 27.2 Å². The van der Waals surface area contributed by atoms with Crippen LogP contribution >= 0.6 is 0 Å². The molecule has 2 unspecified atom stereocenters. The molecule has 2 fully saturated rings. The summed E-state index contributed by atoms with van der Waals surface area (Å²) in [7, 11) is 4.15. The predicted molar refractivity (Wildman–Crippen MR) is 99.6 cm³/mol. The first kappa shape index (κ1) is 18.9. The van der Waals surface area contributed by atoms with Crippen LogP contribution < -0.4 is 5.73 Å². The van der Waals surface area contributed by atoms with E-state index in [0.29, 0.717) is 6.04 Å². The highest BCUT2D eigenvalue weighted by molar-refractivity contribution is 5.78. The number of hydrogen-bond acceptors (Lipinski definition) is 3. The number of nitrogens with two attached hydrogens (primary N) is 1. The van der Waals surface area contributed by atoms with E-state index < -0.39 is 0 Å².